The van der Waals surface area contributed by atoms with Crippen LogP contribution in [0.2, 0.25) is 0 Å². The molecule has 0 bridgehead atoms. The molecule has 30 heavy (non-hydrogen) atoms. The van der Waals surface area contributed by atoms with Crippen molar-refractivity contribution in [3.63, 3.8) is 0 Å². The molecule has 3 aromatic rings. The standard InChI is InChI=1S/C18H16F3N5O3S/c1-4-30(28,29)14-7-11(10(2)27)9-23-15(14)17-25-24-16(26(17)3)13-8-12(5-6-22-13)18(19,20)21/h5-9H,4H2,1-3H3. The van der Waals surface area contributed by atoms with Crippen LogP contribution in [0, 0.1) is 0 Å². The van der Waals surface area contributed by atoms with Gasteiger partial charge in [-0.3, -0.25) is 14.8 Å². The van der Waals surface area contributed by atoms with E-state index < -0.39 is 21.6 Å². The van der Waals surface area contributed by atoms with Crippen molar-refractivity contribution in [3.05, 3.63) is 41.7 Å². The SMILES string of the molecule is CCS(=O)(=O)c1cc(C(C)=O)cnc1-c1nnc(-c2cc(C(F)(F)F)ccn2)n1C. The fourth-order valence-corrected chi connectivity index (χ4v) is 3.74. The summed E-state index contributed by atoms with van der Waals surface area (Å²) >= 11 is 0. The highest BCUT2D eigenvalue weighted by molar-refractivity contribution is 7.91. The molecule has 3 aromatic heterocycles. The van der Waals surface area contributed by atoms with Gasteiger partial charge < -0.3 is 4.57 Å². The van der Waals surface area contributed by atoms with Crippen molar-refractivity contribution in [1.29, 1.82) is 0 Å². The molecule has 0 spiro atoms. The lowest BCUT2D eigenvalue weighted by molar-refractivity contribution is -0.137. The normalized spacial score (nSPS) is 12.2. The van der Waals surface area contributed by atoms with E-state index in [2.05, 4.69) is 20.2 Å². The van der Waals surface area contributed by atoms with Gasteiger partial charge in [0.15, 0.2) is 27.3 Å². The quantitative estimate of drug-likeness (QED) is 0.563. The molecule has 0 aliphatic carbocycles. The first kappa shape index (κ1) is 21.6. The Hall–Kier alpha value is -3.15. The molecule has 0 unspecified atom stereocenters. The smallest absolute Gasteiger partial charge is 0.307 e. The van der Waals surface area contributed by atoms with E-state index in [1.54, 1.807) is 0 Å². The zero-order chi connectivity index (χ0) is 22.3. The number of halogens is 3. The zero-order valence-electron chi connectivity index (χ0n) is 16.1. The molecule has 0 saturated heterocycles. The summed E-state index contributed by atoms with van der Waals surface area (Å²) in [6.45, 7) is 2.72. The number of sulfone groups is 1. The van der Waals surface area contributed by atoms with Crippen LogP contribution in [0.15, 0.2) is 35.5 Å². The Morgan fingerprint density at radius 2 is 1.80 bits per heavy atom. The number of pyridine rings is 2. The first-order valence-corrected chi connectivity index (χ1v) is 10.3. The first-order chi connectivity index (χ1) is 14.0. The first-order valence-electron chi connectivity index (χ1n) is 8.62. The summed E-state index contributed by atoms with van der Waals surface area (Å²) in [5.41, 5.74) is -0.954. The molecule has 0 atom stereocenters. The lowest BCUT2D eigenvalue weighted by Crippen LogP contribution is -2.11. The number of nitrogens with zero attached hydrogens (tertiary/aromatic N) is 5. The third-order valence-corrected chi connectivity index (χ3v) is 6.12. The molecule has 3 heterocycles. The van der Waals surface area contributed by atoms with E-state index in [1.807, 2.05) is 0 Å². The van der Waals surface area contributed by atoms with E-state index in [0.717, 1.165) is 18.3 Å². The second-order valence-corrected chi connectivity index (χ2v) is 8.61. The number of hydrogen-bond acceptors (Lipinski definition) is 7. The molecule has 0 fully saturated rings. The van der Waals surface area contributed by atoms with Crippen molar-refractivity contribution in [3.8, 4) is 23.0 Å². The summed E-state index contributed by atoms with van der Waals surface area (Å²) in [6.07, 6.45) is -2.35. The molecule has 0 aliphatic heterocycles. The van der Waals surface area contributed by atoms with Gasteiger partial charge in [-0.25, -0.2) is 8.42 Å². The average molecular weight is 439 g/mol. The van der Waals surface area contributed by atoms with Crippen LogP contribution in [0.25, 0.3) is 23.0 Å². The predicted molar refractivity (Wildman–Crippen MR) is 100 cm³/mol. The van der Waals surface area contributed by atoms with Gasteiger partial charge in [-0.15, -0.1) is 10.2 Å². The largest absolute Gasteiger partial charge is 0.416 e. The number of Topliss-reactive ketones (excluding diaryl/α,β-unsaturated/α-hetero) is 1. The maximum absolute atomic E-state index is 13.0. The average Bonchev–Trinajstić information content (AvgIpc) is 3.08. The van der Waals surface area contributed by atoms with E-state index in [1.165, 1.54) is 37.7 Å². The number of carbonyl (C=O) groups is 1. The molecule has 8 nitrogen and oxygen atoms in total. The number of rotatable bonds is 5. The lowest BCUT2D eigenvalue weighted by Gasteiger charge is -2.10. The Morgan fingerprint density at radius 3 is 2.40 bits per heavy atom. The van der Waals surface area contributed by atoms with Crippen molar-refractivity contribution in [1.82, 2.24) is 24.7 Å². The highest BCUT2D eigenvalue weighted by atomic mass is 32.2. The minimum atomic E-state index is -4.56. The summed E-state index contributed by atoms with van der Waals surface area (Å²) in [5, 5.41) is 7.79. The molecule has 0 saturated carbocycles. The third kappa shape index (κ3) is 3.95. The second-order valence-electron chi connectivity index (χ2n) is 6.36. The van der Waals surface area contributed by atoms with Crippen molar-refractivity contribution in [2.45, 2.75) is 24.9 Å². The van der Waals surface area contributed by atoms with E-state index in [0.29, 0.717) is 0 Å². The van der Waals surface area contributed by atoms with Crippen LogP contribution in [0.1, 0.15) is 29.8 Å². The van der Waals surface area contributed by atoms with Crippen LogP contribution >= 0.6 is 0 Å². The number of aromatic nitrogens is 5. The number of carbonyl (C=O) groups excluding carboxylic acids is 1. The topological polar surface area (TPSA) is 108 Å². The third-order valence-electron chi connectivity index (χ3n) is 4.38. The van der Waals surface area contributed by atoms with Gasteiger partial charge in [0.2, 0.25) is 0 Å². The molecule has 158 valence electrons. The molecular weight excluding hydrogens is 423 g/mol. The summed E-state index contributed by atoms with van der Waals surface area (Å²) in [4.78, 5) is 19.4. The number of ketones is 1. The van der Waals surface area contributed by atoms with Crippen molar-refractivity contribution in [2.24, 2.45) is 7.05 Å². The van der Waals surface area contributed by atoms with Crippen molar-refractivity contribution >= 4 is 15.6 Å². The van der Waals surface area contributed by atoms with Crippen LogP contribution in [0.3, 0.4) is 0 Å². The Kier molecular flexibility index (Phi) is 5.46. The summed E-state index contributed by atoms with van der Waals surface area (Å²) in [7, 11) is -2.34. The van der Waals surface area contributed by atoms with Gasteiger partial charge in [-0.2, -0.15) is 13.2 Å². The zero-order valence-corrected chi connectivity index (χ0v) is 16.9. The van der Waals surface area contributed by atoms with Gasteiger partial charge in [0, 0.05) is 25.0 Å². The van der Waals surface area contributed by atoms with Gasteiger partial charge >= 0.3 is 6.18 Å². The molecule has 0 radical (unpaired) electrons. The Balaban J connectivity index is 2.19. The van der Waals surface area contributed by atoms with E-state index in [-0.39, 0.29) is 45.0 Å². The van der Waals surface area contributed by atoms with Crippen LogP contribution in [-0.4, -0.2) is 44.7 Å². The van der Waals surface area contributed by atoms with Crippen LogP contribution in [-0.2, 0) is 23.1 Å². The van der Waals surface area contributed by atoms with Crippen LogP contribution in [0.4, 0.5) is 13.2 Å². The van der Waals surface area contributed by atoms with E-state index >= 15 is 0 Å². The van der Waals surface area contributed by atoms with Gasteiger partial charge in [0.05, 0.1) is 16.2 Å². The van der Waals surface area contributed by atoms with E-state index in [4.69, 9.17) is 0 Å². The summed E-state index contributed by atoms with van der Waals surface area (Å²) in [5.74, 6) is -0.615. The molecule has 12 heteroatoms. The van der Waals surface area contributed by atoms with Crippen LogP contribution in [0.5, 0.6) is 0 Å². The maximum atomic E-state index is 13.0. The minimum Gasteiger partial charge on any atom is -0.307 e. The molecule has 0 aliphatic rings. The van der Waals surface area contributed by atoms with Gasteiger partial charge in [-0.1, -0.05) is 6.92 Å². The fourth-order valence-electron chi connectivity index (χ4n) is 2.69. The predicted octanol–water partition coefficient (Wildman–Crippen LogP) is 2.95. The Labute approximate surface area is 169 Å². The Bertz CT molecular complexity index is 1240. The van der Waals surface area contributed by atoms with Gasteiger partial charge in [0.25, 0.3) is 0 Å². The highest BCUT2D eigenvalue weighted by Gasteiger charge is 2.31. The van der Waals surface area contributed by atoms with E-state index in [9.17, 15) is 26.4 Å². The summed E-state index contributed by atoms with van der Waals surface area (Å²) < 4.78 is 65.4. The molecule has 0 amide bonds. The molecule has 0 N–H and O–H groups in total. The second kappa shape index (κ2) is 7.59. The van der Waals surface area contributed by atoms with Crippen LogP contribution < -0.4 is 0 Å². The van der Waals surface area contributed by atoms with Crippen molar-refractivity contribution < 1.29 is 26.4 Å². The minimum absolute atomic E-state index is 0.00587. The lowest BCUT2D eigenvalue weighted by atomic mass is 10.2. The number of alkyl halides is 3. The summed E-state index contributed by atoms with van der Waals surface area (Å²) in [6, 6.07) is 2.86. The molecule has 3 rings (SSSR count). The van der Waals surface area contributed by atoms with Gasteiger partial charge in [0.1, 0.15) is 11.4 Å². The van der Waals surface area contributed by atoms with Crippen molar-refractivity contribution in [2.75, 3.05) is 5.75 Å². The fraction of sp³-hybridized carbons (Fsp3) is 0.278. The van der Waals surface area contributed by atoms with Gasteiger partial charge in [-0.05, 0) is 25.1 Å². The monoisotopic (exact) mass is 439 g/mol. The number of hydrogen-bond donors (Lipinski definition) is 0. The Morgan fingerprint density at radius 1 is 1.13 bits per heavy atom. The molecular formula is C18H16F3N5O3S. The highest BCUT2D eigenvalue weighted by Crippen LogP contribution is 2.32. The maximum Gasteiger partial charge on any atom is 0.416 e. The molecule has 0 aromatic carbocycles.